The number of aryl methyl sites for hydroxylation is 2. The smallest absolute Gasteiger partial charge is 0.251 e. The Morgan fingerprint density at radius 3 is 2.79 bits per heavy atom. The van der Waals surface area contributed by atoms with Crippen LogP contribution in [0.5, 0.6) is 5.75 Å². The summed E-state index contributed by atoms with van der Waals surface area (Å²) in [4.78, 5) is 31.4. The van der Waals surface area contributed by atoms with Crippen LogP contribution in [0.1, 0.15) is 23.7 Å². The van der Waals surface area contributed by atoms with Crippen molar-refractivity contribution in [3.05, 3.63) is 81.8 Å². The minimum atomic E-state index is -0.269. The van der Waals surface area contributed by atoms with E-state index in [1.807, 2.05) is 38.1 Å². The number of carbonyl (C=O) groups excluding carboxylic acids is 1. The molecule has 0 aliphatic rings. The van der Waals surface area contributed by atoms with Gasteiger partial charge in [-0.2, -0.15) is 0 Å². The van der Waals surface area contributed by atoms with E-state index < -0.39 is 0 Å². The lowest BCUT2D eigenvalue weighted by atomic mass is 10.1. The van der Waals surface area contributed by atoms with Crippen molar-refractivity contribution in [3.63, 3.8) is 0 Å². The summed E-state index contributed by atoms with van der Waals surface area (Å²) in [5, 5.41) is 2.83. The zero-order valence-electron chi connectivity index (χ0n) is 16.7. The van der Waals surface area contributed by atoms with Crippen LogP contribution in [0.2, 0.25) is 0 Å². The average molecular weight is 389 g/mol. The highest BCUT2D eigenvalue weighted by atomic mass is 16.5. The molecule has 6 heteroatoms. The van der Waals surface area contributed by atoms with Crippen molar-refractivity contribution in [2.24, 2.45) is 0 Å². The molecule has 1 heterocycles. The van der Waals surface area contributed by atoms with Gasteiger partial charge in [-0.05, 0) is 43.7 Å². The molecule has 0 radical (unpaired) electrons. The molecule has 3 rings (SSSR count). The van der Waals surface area contributed by atoms with Crippen molar-refractivity contribution in [3.8, 4) is 17.1 Å². The molecule has 0 aliphatic carbocycles. The second-order valence-electron chi connectivity index (χ2n) is 6.59. The number of hydrogen-bond acceptors (Lipinski definition) is 4. The Balaban J connectivity index is 1.78. The van der Waals surface area contributed by atoms with E-state index in [0.717, 1.165) is 16.7 Å². The molecule has 29 heavy (non-hydrogen) atoms. The number of ether oxygens (including phenoxy) is 1. The molecule has 1 amide bonds. The highest BCUT2D eigenvalue weighted by Gasteiger charge is 2.06. The van der Waals surface area contributed by atoms with Gasteiger partial charge in [0.25, 0.3) is 5.56 Å². The van der Waals surface area contributed by atoms with Gasteiger partial charge in [0.2, 0.25) is 5.91 Å². The van der Waals surface area contributed by atoms with Crippen molar-refractivity contribution in [2.45, 2.75) is 20.3 Å². The topological polar surface area (TPSA) is 84.1 Å². The third-order valence-corrected chi connectivity index (χ3v) is 4.36. The van der Waals surface area contributed by atoms with E-state index in [2.05, 4.69) is 15.3 Å². The Morgan fingerprint density at radius 2 is 2.03 bits per heavy atom. The largest absolute Gasteiger partial charge is 0.496 e. The molecule has 0 bridgehead atoms. The third-order valence-electron chi connectivity index (χ3n) is 4.36. The van der Waals surface area contributed by atoms with Crippen LogP contribution in [0.4, 0.5) is 5.69 Å². The van der Waals surface area contributed by atoms with Gasteiger partial charge in [0.05, 0.1) is 7.11 Å². The van der Waals surface area contributed by atoms with Crippen molar-refractivity contribution < 1.29 is 9.53 Å². The molecule has 0 spiro atoms. The first kappa shape index (κ1) is 20.1. The summed E-state index contributed by atoms with van der Waals surface area (Å²) >= 11 is 0. The van der Waals surface area contributed by atoms with Crippen LogP contribution in [0.25, 0.3) is 17.5 Å². The maximum Gasteiger partial charge on any atom is 0.251 e. The lowest BCUT2D eigenvalue weighted by molar-refractivity contribution is -0.111. The lowest BCUT2D eigenvalue weighted by Gasteiger charge is -2.07. The average Bonchev–Trinajstić information content (AvgIpc) is 2.72. The Kier molecular flexibility index (Phi) is 6.24. The molecule has 6 nitrogen and oxygen atoms in total. The molecule has 2 N–H and O–H groups in total. The van der Waals surface area contributed by atoms with Crippen molar-refractivity contribution in [2.75, 3.05) is 12.4 Å². The number of nitrogens with one attached hydrogen (secondary N) is 2. The maximum absolute atomic E-state index is 12.4. The number of methoxy groups -OCH3 is 1. The monoisotopic (exact) mass is 389 g/mol. The van der Waals surface area contributed by atoms with Gasteiger partial charge in [-0.15, -0.1) is 0 Å². The molecular weight excluding hydrogens is 366 g/mol. The fraction of sp³-hybridized carbons (Fsp3) is 0.174. The minimum absolute atomic E-state index is 0.198. The van der Waals surface area contributed by atoms with E-state index in [0.29, 0.717) is 29.4 Å². The molecule has 148 valence electrons. The van der Waals surface area contributed by atoms with Crippen LogP contribution in [-0.2, 0) is 11.2 Å². The molecule has 0 saturated carbocycles. The molecular formula is C23H23N3O3. The molecule has 0 saturated heterocycles. The fourth-order valence-corrected chi connectivity index (χ4v) is 2.90. The van der Waals surface area contributed by atoms with Crippen LogP contribution in [0.15, 0.2) is 59.4 Å². The highest BCUT2D eigenvalue weighted by molar-refractivity contribution is 6.02. The highest BCUT2D eigenvalue weighted by Crippen LogP contribution is 2.22. The number of aromatic amines is 1. The summed E-state index contributed by atoms with van der Waals surface area (Å²) in [6.45, 7) is 3.92. The summed E-state index contributed by atoms with van der Waals surface area (Å²) in [6, 6.07) is 14.5. The second-order valence-corrected chi connectivity index (χ2v) is 6.59. The van der Waals surface area contributed by atoms with Gasteiger partial charge >= 0.3 is 0 Å². The normalized spacial score (nSPS) is 10.9. The Morgan fingerprint density at radius 1 is 1.21 bits per heavy atom. The van der Waals surface area contributed by atoms with E-state index in [1.54, 1.807) is 31.4 Å². The lowest BCUT2D eigenvalue weighted by Crippen LogP contribution is -2.10. The summed E-state index contributed by atoms with van der Waals surface area (Å²) in [5.74, 6) is 0.910. The number of carbonyl (C=O) groups is 1. The quantitative estimate of drug-likeness (QED) is 0.625. The molecule has 2 aromatic carbocycles. The Hall–Kier alpha value is -3.67. The number of H-pyrrole nitrogens is 1. The maximum atomic E-state index is 12.4. The van der Waals surface area contributed by atoms with Gasteiger partial charge in [0.15, 0.2) is 0 Å². The van der Waals surface area contributed by atoms with E-state index in [-0.39, 0.29) is 11.5 Å². The molecule has 1 aromatic heterocycles. The Bertz CT molecular complexity index is 1120. The molecule has 0 unspecified atom stereocenters. The molecule has 0 aliphatic heterocycles. The van der Waals surface area contributed by atoms with Crippen molar-refractivity contribution in [1.29, 1.82) is 0 Å². The van der Waals surface area contributed by atoms with Gasteiger partial charge in [-0.3, -0.25) is 9.59 Å². The number of amides is 1. The number of hydrogen-bond donors (Lipinski definition) is 2. The van der Waals surface area contributed by atoms with Gasteiger partial charge < -0.3 is 15.0 Å². The van der Waals surface area contributed by atoms with E-state index in [4.69, 9.17) is 4.74 Å². The van der Waals surface area contributed by atoms with E-state index in [1.165, 1.54) is 12.1 Å². The third kappa shape index (κ3) is 5.19. The fourth-order valence-electron chi connectivity index (χ4n) is 2.90. The predicted octanol–water partition coefficient (Wildman–Crippen LogP) is 3.97. The standard InChI is InChI=1S/C23H23N3O3/c1-4-18-14-22(28)26-23(25-18)17-6-5-7-19(13-17)24-21(27)11-9-16-12-15(2)8-10-20(16)29-3/h5-14H,4H2,1-3H3,(H,24,27)(H,25,26,28). The number of benzene rings is 2. The summed E-state index contributed by atoms with van der Waals surface area (Å²) in [7, 11) is 1.60. The molecule has 0 atom stereocenters. The van der Waals surface area contributed by atoms with Crippen LogP contribution >= 0.6 is 0 Å². The van der Waals surface area contributed by atoms with Crippen LogP contribution in [0.3, 0.4) is 0 Å². The minimum Gasteiger partial charge on any atom is -0.496 e. The first-order valence-electron chi connectivity index (χ1n) is 9.33. The first-order valence-corrected chi connectivity index (χ1v) is 9.33. The molecule has 3 aromatic rings. The summed E-state index contributed by atoms with van der Waals surface area (Å²) in [5.41, 5.74) is 3.76. The van der Waals surface area contributed by atoms with Crippen molar-refractivity contribution in [1.82, 2.24) is 9.97 Å². The zero-order chi connectivity index (χ0) is 20.8. The van der Waals surface area contributed by atoms with Crippen molar-refractivity contribution >= 4 is 17.7 Å². The first-order chi connectivity index (χ1) is 14.0. The van der Waals surface area contributed by atoms with Gasteiger partial charge in [0, 0.05) is 34.7 Å². The predicted molar refractivity (Wildman–Crippen MR) is 115 cm³/mol. The Labute approximate surface area is 169 Å². The van der Waals surface area contributed by atoms with Crippen LogP contribution in [0, 0.1) is 6.92 Å². The summed E-state index contributed by atoms with van der Waals surface area (Å²) in [6.07, 6.45) is 3.84. The number of aromatic nitrogens is 2. The van der Waals surface area contributed by atoms with E-state index >= 15 is 0 Å². The molecule has 0 fully saturated rings. The van der Waals surface area contributed by atoms with E-state index in [9.17, 15) is 9.59 Å². The SMILES string of the molecule is CCc1cc(=O)[nH]c(-c2cccc(NC(=O)C=Cc3cc(C)ccc3OC)c2)n1. The number of anilines is 1. The van der Waals surface area contributed by atoms with Gasteiger partial charge in [0.1, 0.15) is 11.6 Å². The number of rotatable bonds is 6. The van der Waals surface area contributed by atoms with Gasteiger partial charge in [-0.1, -0.05) is 30.7 Å². The number of nitrogens with zero attached hydrogens (tertiary/aromatic N) is 1. The second kappa shape index (κ2) is 9.01. The van der Waals surface area contributed by atoms with Crippen LogP contribution in [-0.4, -0.2) is 23.0 Å². The summed E-state index contributed by atoms with van der Waals surface area (Å²) < 4.78 is 5.33. The van der Waals surface area contributed by atoms with Gasteiger partial charge in [-0.25, -0.2) is 4.98 Å². The van der Waals surface area contributed by atoms with Crippen LogP contribution < -0.4 is 15.6 Å². The zero-order valence-corrected chi connectivity index (χ0v) is 16.7.